The van der Waals surface area contributed by atoms with Crippen LogP contribution in [0.2, 0.25) is 0 Å². The average molecular weight is 279 g/mol. The molecule has 1 heterocycles. The van der Waals surface area contributed by atoms with E-state index in [0.717, 1.165) is 12.8 Å². The minimum absolute atomic E-state index is 0.0642. The number of ether oxygens (including phenoxy) is 2. The van der Waals surface area contributed by atoms with Crippen LogP contribution in [0.1, 0.15) is 23.2 Å². The first-order chi connectivity index (χ1) is 9.69. The second-order valence-corrected chi connectivity index (χ2v) is 5.19. The molecule has 1 aliphatic rings. The number of rotatable bonds is 5. The maximum atomic E-state index is 12.1. The molecule has 1 fully saturated rings. The number of carbonyl (C=O) groups is 1. The Balaban J connectivity index is 1.96. The highest BCUT2D eigenvalue weighted by Gasteiger charge is 2.32. The van der Waals surface area contributed by atoms with Gasteiger partial charge in [-0.3, -0.25) is 4.79 Å². The van der Waals surface area contributed by atoms with Crippen LogP contribution in [-0.4, -0.2) is 44.5 Å². The molecule has 0 bridgehead atoms. The molecule has 0 saturated carbocycles. The predicted octanol–water partition coefficient (Wildman–Crippen LogP) is 1.21. The van der Waals surface area contributed by atoms with Crippen molar-refractivity contribution in [2.75, 3.05) is 33.5 Å². The summed E-state index contributed by atoms with van der Waals surface area (Å²) in [5, 5.41) is 12.5. The zero-order valence-electron chi connectivity index (χ0n) is 11.7. The summed E-state index contributed by atoms with van der Waals surface area (Å²) in [5.74, 6) is 0.504. The number of aliphatic hydroxyl groups excluding tert-OH is 1. The van der Waals surface area contributed by atoms with Crippen molar-refractivity contribution in [3.8, 4) is 5.75 Å². The molecule has 5 heteroatoms. The third-order valence-electron chi connectivity index (χ3n) is 3.84. The SMILES string of the molecule is COc1cccc(C(=O)NCC2(CO)CCOCC2)c1. The van der Waals surface area contributed by atoms with E-state index in [9.17, 15) is 9.90 Å². The summed E-state index contributed by atoms with van der Waals surface area (Å²) < 4.78 is 10.4. The summed E-state index contributed by atoms with van der Waals surface area (Å²) in [7, 11) is 1.57. The van der Waals surface area contributed by atoms with Gasteiger partial charge in [-0.2, -0.15) is 0 Å². The summed E-state index contributed by atoms with van der Waals surface area (Å²) in [6.45, 7) is 1.79. The lowest BCUT2D eigenvalue weighted by atomic mass is 9.81. The predicted molar refractivity (Wildman–Crippen MR) is 74.9 cm³/mol. The Hall–Kier alpha value is -1.59. The summed E-state index contributed by atoms with van der Waals surface area (Å²) in [4.78, 5) is 12.1. The Morgan fingerprint density at radius 2 is 2.20 bits per heavy atom. The molecule has 0 aromatic heterocycles. The molecule has 0 atom stereocenters. The van der Waals surface area contributed by atoms with Gasteiger partial charge in [-0.1, -0.05) is 6.07 Å². The zero-order valence-corrected chi connectivity index (χ0v) is 11.7. The van der Waals surface area contributed by atoms with Crippen molar-refractivity contribution < 1.29 is 19.4 Å². The highest BCUT2D eigenvalue weighted by Crippen LogP contribution is 2.29. The third kappa shape index (κ3) is 3.49. The van der Waals surface area contributed by atoms with Gasteiger partial charge >= 0.3 is 0 Å². The monoisotopic (exact) mass is 279 g/mol. The molecule has 0 aliphatic carbocycles. The van der Waals surface area contributed by atoms with Crippen LogP contribution >= 0.6 is 0 Å². The molecule has 0 spiro atoms. The second kappa shape index (κ2) is 6.72. The fraction of sp³-hybridized carbons (Fsp3) is 0.533. The zero-order chi connectivity index (χ0) is 14.4. The Bertz CT molecular complexity index is 455. The van der Waals surface area contributed by atoms with Gasteiger partial charge in [0, 0.05) is 30.7 Å². The number of hydrogen-bond acceptors (Lipinski definition) is 4. The third-order valence-corrected chi connectivity index (χ3v) is 3.84. The topological polar surface area (TPSA) is 67.8 Å². The lowest BCUT2D eigenvalue weighted by molar-refractivity contribution is -0.0146. The van der Waals surface area contributed by atoms with E-state index in [1.165, 1.54) is 0 Å². The van der Waals surface area contributed by atoms with Crippen molar-refractivity contribution in [1.29, 1.82) is 0 Å². The van der Waals surface area contributed by atoms with E-state index >= 15 is 0 Å². The van der Waals surface area contributed by atoms with Crippen molar-refractivity contribution in [3.63, 3.8) is 0 Å². The lowest BCUT2D eigenvalue weighted by Crippen LogP contribution is -2.43. The second-order valence-electron chi connectivity index (χ2n) is 5.19. The van der Waals surface area contributed by atoms with Gasteiger partial charge in [0.15, 0.2) is 0 Å². The Morgan fingerprint density at radius 3 is 2.85 bits per heavy atom. The molecular weight excluding hydrogens is 258 g/mol. The molecule has 1 aromatic carbocycles. The highest BCUT2D eigenvalue weighted by atomic mass is 16.5. The highest BCUT2D eigenvalue weighted by molar-refractivity contribution is 5.94. The number of hydrogen-bond donors (Lipinski definition) is 2. The Kier molecular flexibility index (Phi) is 4.98. The van der Waals surface area contributed by atoms with E-state index in [0.29, 0.717) is 31.1 Å². The molecule has 1 saturated heterocycles. The van der Waals surface area contributed by atoms with Crippen LogP contribution in [0.3, 0.4) is 0 Å². The fourth-order valence-electron chi connectivity index (χ4n) is 2.33. The molecule has 1 aliphatic heterocycles. The Morgan fingerprint density at radius 1 is 1.45 bits per heavy atom. The van der Waals surface area contributed by atoms with Gasteiger partial charge in [0.1, 0.15) is 5.75 Å². The van der Waals surface area contributed by atoms with E-state index in [4.69, 9.17) is 9.47 Å². The van der Waals surface area contributed by atoms with Crippen LogP contribution in [0.15, 0.2) is 24.3 Å². The summed E-state index contributed by atoms with van der Waals surface area (Å²) in [6, 6.07) is 7.02. The molecule has 110 valence electrons. The van der Waals surface area contributed by atoms with Crippen molar-refractivity contribution in [1.82, 2.24) is 5.32 Å². The van der Waals surface area contributed by atoms with Crippen molar-refractivity contribution >= 4 is 5.91 Å². The van der Waals surface area contributed by atoms with Crippen LogP contribution < -0.4 is 10.1 Å². The van der Waals surface area contributed by atoms with E-state index < -0.39 is 0 Å². The van der Waals surface area contributed by atoms with Crippen LogP contribution in [0, 0.1) is 5.41 Å². The molecular formula is C15H21NO4. The number of methoxy groups -OCH3 is 1. The van der Waals surface area contributed by atoms with Gasteiger partial charge in [0.05, 0.1) is 13.7 Å². The van der Waals surface area contributed by atoms with Gasteiger partial charge in [-0.05, 0) is 31.0 Å². The van der Waals surface area contributed by atoms with E-state index in [1.807, 2.05) is 0 Å². The lowest BCUT2D eigenvalue weighted by Gasteiger charge is -2.35. The summed E-state index contributed by atoms with van der Waals surface area (Å²) in [5.41, 5.74) is 0.303. The van der Waals surface area contributed by atoms with Crippen LogP contribution in [0.5, 0.6) is 5.75 Å². The molecule has 20 heavy (non-hydrogen) atoms. The standard InChI is InChI=1S/C15H21NO4/c1-19-13-4-2-3-12(9-13)14(18)16-10-15(11-17)5-7-20-8-6-15/h2-4,9,17H,5-8,10-11H2,1H3,(H,16,18). The fourth-order valence-corrected chi connectivity index (χ4v) is 2.33. The van der Waals surface area contributed by atoms with Crippen molar-refractivity contribution in [2.24, 2.45) is 5.41 Å². The first-order valence-electron chi connectivity index (χ1n) is 6.80. The smallest absolute Gasteiger partial charge is 0.251 e. The van der Waals surface area contributed by atoms with E-state index in [-0.39, 0.29) is 17.9 Å². The number of carbonyl (C=O) groups excluding carboxylic acids is 1. The maximum absolute atomic E-state index is 12.1. The van der Waals surface area contributed by atoms with Crippen LogP contribution in [0.4, 0.5) is 0 Å². The maximum Gasteiger partial charge on any atom is 0.251 e. The molecule has 2 N–H and O–H groups in total. The summed E-state index contributed by atoms with van der Waals surface area (Å²) >= 11 is 0. The first-order valence-corrected chi connectivity index (χ1v) is 6.80. The largest absolute Gasteiger partial charge is 0.497 e. The molecule has 0 radical (unpaired) electrons. The van der Waals surface area contributed by atoms with E-state index in [2.05, 4.69) is 5.32 Å². The van der Waals surface area contributed by atoms with Gasteiger partial charge in [-0.15, -0.1) is 0 Å². The quantitative estimate of drug-likeness (QED) is 0.850. The average Bonchev–Trinajstić information content (AvgIpc) is 2.53. The normalized spacial score (nSPS) is 17.5. The molecule has 0 unspecified atom stereocenters. The number of nitrogens with one attached hydrogen (secondary N) is 1. The molecule has 1 amide bonds. The molecule has 5 nitrogen and oxygen atoms in total. The molecule has 2 rings (SSSR count). The minimum atomic E-state index is -0.257. The van der Waals surface area contributed by atoms with Gasteiger partial charge in [0.2, 0.25) is 0 Å². The van der Waals surface area contributed by atoms with Gasteiger partial charge in [0.25, 0.3) is 5.91 Å². The molecule has 1 aromatic rings. The minimum Gasteiger partial charge on any atom is -0.497 e. The number of benzene rings is 1. The van der Waals surface area contributed by atoms with Crippen LogP contribution in [-0.2, 0) is 4.74 Å². The van der Waals surface area contributed by atoms with Gasteiger partial charge < -0.3 is 19.9 Å². The van der Waals surface area contributed by atoms with Gasteiger partial charge in [-0.25, -0.2) is 0 Å². The summed E-state index contributed by atoms with van der Waals surface area (Å²) in [6.07, 6.45) is 1.53. The van der Waals surface area contributed by atoms with Crippen molar-refractivity contribution in [2.45, 2.75) is 12.8 Å². The number of amides is 1. The van der Waals surface area contributed by atoms with Crippen LogP contribution in [0.25, 0.3) is 0 Å². The first kappa shape index (κ1) is 14.8. The van der Waals surface area contributed by atoms with E-state index in [1.54, 1.807) is 31.4 Å². The number of aliphatic hydroxyl groups is 1. The van der Waals surface area contributed by atoms with Crippen molar-refractivity contribution in [3.05, 3.63) is 29.8 Å². The Labute approximate surface area is 118 Å².